The van der Waals surface area contributed by atoms with Gasteiger partial charge in [-0.1, -0.05) is 19.3 Å². The van der Waals surface area contributed by atoms with Crippen LogP contribution >= 0.6 is 11.3 Å². The Hall–Kier alpha value is -2.28. The molecule has 1 fully saturated rings. The second-order valence-electron chi connectivity index (χ2n) is 7.75. The van der Waals surface area contributed by atoms with Gasteiger partial charge in [0.2, 0.25) is 5.91 Å². The maximum atomic E-state index is 12.8. The SMILES string of the molecule is NC(=O)Cn1cnc2c(sc3nc(C4CCCCC4)c4c(c32)CCC4)c1=O. The van der Waals surface area contributed by atoms with Gasteiger partial charge in [-0.2, -0.15) is 0 Å². The molecule has 0 unspecified atom stereocenters. The highest BCUT2D eigenvalue weighted by molar-refractivity contribution is 7.25. The molecule has 0 aromatic carbocycles. The number of aryl methyl sites for hydroxylation is 1. The van der Waals surface area contributed by atoms with Crippen LogP contribution in [0.5, 0.6) is 0 Å². The van der Waals surface area contributed by atoms with Crippen LogP contribution in [0.25, 0.3) is 20.4 Å². The van der Waals surface area contributed by atoms with Crippen molar-refractivity contribution >= 4 is 37.7 Å². The molecule has 1 saturated carbocycles. The van der Waals surface area contributed by atoms with Crippen LogP contribution in [0.4, 0.5) is 0 Å². The number of fused-ring (bicyclic) bond motifs is 5. The Labute approximate surface area is 160 Å². The molecule has 5 rings (SSSR count). The highest BCUT2D eigenvalue weighted by Crippen LogP contribution is 2.42. The first-order chi connectivity index (χ1) is 13.1. The van der Waals surface area contributed by atoms with Crippen molar-refractivity contribution in [2.24, 2.45) is 5.73 Å². The minimum Gasteiger partial charge on any atom is -0.368 e. The number of nitrogens with zero attached hydrogens (tertiary/aromatic N) is 3. The lowest BCUT2D eigenvalue weighted by molar-refractivity contribution is -0.118. The second kappa shape index (κ2) is 6.41. The van der Waals surface area contributed by atoms with E-state index in [1.54, 1.807) is 0 Å². The molecule has 27 heavy (non-hydrogen) atoms. The topological polar surface area (TPSA) is 90.9 Å². The molecular weight excluding hydrogens is 360 g/mol. The van der Waals surface area contributed by atoms with E-state index in [-0.39, 0.29) is 12.1 Å². The van der Waals surface area contributed by atoms with Crippen molar-refractivity contribution in [1.29, 1.82) is 0 Å². The van der Waals surface area contributed by atoms with Crippen LogP contribution in [0.2, 0.25) is 0 Å². The predicted molar refractivity (Wildman–Crippen MR) is 106 cm³/mol. The maximum absolute atomic E-state index is 12.8. The van der Waals surface area contributed by atoms with Crippen molar-refractivity contribution in [3.05, 3.63) is 33.5 Å². The van der Waals surface area contributed by atoms with Crippen LogP contribution in [0.3, 0.4) is 0 Å². The summed E-state index contributed by atoms with van der Waals surface area (Å²) in [5, 5.41) is 1.06. The Balaban J connectivity index is 1.75. The fourth-order valence-corrected chi connectivity index (χ4v) is 5.93. The molecule has 0 atom stereocenters. The van der Waals surface area contributed by atoms with E-state index in [4.69, 9.17) is 10.7 Å². The average Bonchev–Trinajstić information content (AvgIpc) is 3.28. The molecule has 140 valence electrons. The molecule has 0 bridgehead atoms. The number of carbonyl (C=O) groups is 1. The number of aromatic nitrogens is 3. The lowest BCUT2D eigenvalue weighted by atomic mass is 9.84. The number of primary amides is 1. The third-order valence-electron chi connectivity index (χ3n) is 6.01. The summed E-state index contributed by atoms with van der Waals surface area (Å²) in [5.74, 6) is 0.0117. The molecule has 6 nitrogen and oxygen atoms in total. The van der Waals surface area contributed by atoms with Crippen molar-refractivity contribution < 1.29 is 4.79 Å². The zero-order valence-corrected chi connectivity index (χ0v) is 16.0. The normalized spacial score (nSPS) is 17.6. The Morgan fingerprint density at radius 2 is 1.96 bits per heavy atom. The minimum absolute atomic E-state index is 0.144. The summed E-state index contributed by atoms with van der Waals surface area (Å²) in [6, 6.07) is 0. The van der Waals surface area contributed by atoms with E-state index in [2.05, 4.69) is 4.98 Å². The molecular formula is C20H22N4O2S. The van der Waals surface area contributed by atoms with Crippen LogP contribution in [-0.2, 0) is 24.2 Å². The van der Waals surface area contributed by atoms with Gasteiger partial charge in [-0.15, -0.1) is 11.3 Å². The van der Waals surface area contributed by atoms with Gasteiger partial charge in [0.15, 0.2) is 0 Å². The largest absolute Gasteiger partial charge is 0.368 e. The Morgan fingerprint density at radius 3 is 2.74 bits per heavy atom. The quantitative estimate of drug-likeness (QED) is 0.754. The summed E-state index contributed by atoms with van der Waals surface area (Å²) in [5.41, 5.74) is 9.83. The number of nitrogens with two attached hydrogens (primary N) is 1. The van der Waals surface area contributed by atoms with Crippen molar-refractivity contribution in [2.75, 3.05) is 0 Å². The smallest absolute Gasteiger partial charge is 0.271 e. The fourth-order valence-electron chi connectivity index (χ4n) is 4.81. The molecule has 2 aliphatic rings. The molecule has 0 radical (unpaired) electrons. The van der Waals surface area contributed by atoms with E-state index in [9.17, 15) is 9.59 Å². The van der Waals surface area contributed by atoms with Gasteiger partial charge >= 0.3 is 0 Å². The first-order valence-electron chi connectivity index (χ1n) is 9.75. The summed E-state index contributed by atoms with van der Waals surface area (Å²) < 4.78 is 1.87. The van der Waals surface area contributed by atoms with Gasteiger partial charge in [0.1, 0.15) is 16.1 Å². The van der Waals surface area contributed by atoms with Gasteiger partial charge in [-0.05, 0) is 43.2 Å². The minimum atomic E-state index is -0.544. The van der Waals surface area contributed by atoms with Crippen LogP contribution in [-0.4, -0.2) is 20.4 Å². The molecule has 2 aliphatic carbocycles. The Bertz CT molecular complexity index is 1120. The average molecular weight is 382 g/mol. The second-order valence-corrected chi connectivity index (χ2v) is 8.75. The van der Waals surface area contributed by atoms with Crippen LogP contribution in [0.15, 0.2) is 11.1 Å². The van der Waals surface area contributed by atoms with E-state index < -0.39 is 5.91 Å². The Kier molecular flexibility index (Phi) is 4.00. The van der Waals surface area contributed by atoms with E-state index in [1.807, 2.05) is 0 Å². The highest BCUT2D eigenvalue weighted by Gasteiger charge is 2.28. The fraction of sp³-hybridized carbons (Fsp3) is 0.500. The number of amides is 1. The monoisotopic (exact) mass is 382 g/mol. The summed E-state index contributed by atoms with van der Waals surface area (Å²) >= 11 is 1.41. The highest BCUT2D eigenvalue weighted by atomic mass is 32.1. The lowest BCUT2D eigenvalue weighted by Gasteiger charge is -2.23. The van der Waals surface area contributed by atoms with E-state index in [1.165, 1.54) is 71.2 Å². The maximum Gasteiger partial charge on any atom is 0.271 e. The molecule has 0 aliphatic heterocycles. The van der Waals surface area contributed by atoms with Crippen molar-refractivity contribution in [3.63, 3.8) is 0 Å². The first-order valence-corrected chi connectivity index (χ1v) is 10.6. The number of rotatable bonds is 3. The van der Waals surface area contributed by atoms with Gasteiger partial charge in [-0.3, -0.25) is 14.2 Å². The summed E-state index contributed by atoms with van der Waals surface area (Å²) in [7, 11) is 0. The van der Waals surface area contributed by atoms with Crippen molar-refractivity contribution in [2.45, 2.75) is 63.8 Å². The number of hydrogen-bond acceptors (Lipinski definition) is 5. The van der Waals surface area contributed by atoms with Gasteiger partial charge in [0, 0.05) is 17.0 Å². The predicted octanol–water partition coefficient (Wildman–Crippen LogP) is 3.03. The molecule has 7 heteroatoms. The van der Waals surface area contributed by atoms with Gasteiger partial charge in [0.25, 0.3) is 5.56 Å². The third-order valence-corrected chi connectivity index (χ3v) is 7.08. The van der Waals surface area contributed by atoms with Crippen molar-refractivity contribution in [1.82, 2.24) is 14.5 Å². The standard InChI is InChI=1S/C20H22N4O2S/c21-14(25)9-24-10-22-17-15-12-7-4-8-13(12)16(11-5-2-1-3-6-11)23-19(15)27-18(17)20(24)26/h10-11H,1-9H2,(H2,21,25). The van der Waals surface area contributed by atoms with Crippen LogP contribution in [0, 0.1) is 0 Å². The molecule has 1 amide bonds. The lowest BCUT2D eigenvalue weighted by Crippen LogP contribution is -2.27. The zero-order valence-electron chi connectivity index (χ0n) is 15.2. The summed E-state index contributed by atoms with van der Waals surface area (Å²) in [6.45, 7) is -0.144. The van der Waals surface area contributed by atoms with Crippen LogP contribution in [0.1, 0.15) is 61.3 Å². The summed E-state index contributed by atoms with van der Waals surface area (Å²) in [4.78, 5) is 34.6. The summed E-state index contributed by atoms with van der Waals surface area (Å²) in [6.07, 6.45) is 11.0. The third kappa shape index (κ3) is 2.67. The van der Waals surface area contributed by atoms with Gasteiger partial charge < -0.3 is 5.73 Å². The number of thiophene rings is 1. The number of hydrogen-bond donors (Lipinski definition) is 1. The zero-order chi connectivity index (χ0) is 18.5. The molecule has 3 aromatic heterocycles. The molecule has 2 N–H and O–H groups in total. The molecule has 0 spiro atoms. The molecule has 3 aromatic rings. The Morgan fingerprint density at radius 1 is 1.19 bits per heavy atom. The number of carbonyl (C=O) groups excluding carboxylic acids is 1. The van der Waals surface area contributed by atoms with E-state index >= 15 is 0 Å². The van der Waals surface area contributed by atoms with Crippen molar-refractivity contribution in [3.8, 4) is 0 Å². The van der Waals surface area contributed by atoms with Gasteiger partial charge in [0.05, 0.1) is 11.8 Å². The number of pyridine rings is 1. The molecule has 3 heterocycles. The van der Waals surface area contributed by atoms with Gasteiger partial charge in [-0.25, -0.2) is 9.97 Å². The van der Waals surface area contributed by atoms with Crippen LogP contribution < -0.4 is 11.3 Å². The molecule has 0 saturated heterocycles. The van der Waals surface area contributed by atoms with E-state index in [0.717, 1.165) is 35.0 Å². The first kappa shape index (κ1) is 16.9. The van der Waals surface area contributed by atoms with E-state index in [0.29, 0.717) is 10.6 Å².